The van der Waals surface area contributed by atoms with E-state index in [1.54, 1.807) is 0 Å². The van der Waals surface area contributed by atoms with Gasteiger partial charge < -0.3 is 10.0 Å². The highest BCUT2D eigenvalue weighted by Crippen LogP contribution is 2.53. The maximum absolute atomic E-state index is 11.6. The predicted octanol–water partition coefficient (Wildman–Crippen LogP) is 6.00. The molecular formula is C27H28N2O2. The highest BCUT2D eigenvalue weighted by molar-refractivity contribution is 5.86. The van der Waals surface area contributed by atoms with Gasteiger partial charge in [0.05, 0.1) is 0 Å². The second-order valence-corrected chi connectivity index (χ2v) is 9.23. The van der Waals surface area contributed by atoms with Crippen LogP contribution in [0.2, 0.25) is 0 Å². The Labute approximate surface area is 183 Å². The van der Waals surface area contributed by atoms with Crippen LogP contribution in [0.3, 0.4) is 0 Å². The van der Waals surface area contributed by atoms with E-state index in [2.05, 4.69) is 84.7 Å². The van der Waals surface area contributed by atoms with Crippen molar-refractivity contribution in [3.05, 3.63) is 95.1 Å². The van der Waals surface area contributed by atoms with Gasteiger partial charge in [0.1, 0.15) is 0 Å². The summed E-state index contributed by atoms with van der Waals surface area (Å²) in [7, 11) is 0. The fourth-order valence-corrected chi connectivity index (χ4v) is 5.55. The van der Waals surface area contributed by atoms with E-state index in [0.29, 0.717) is 5.69 Å². The van der Waals surface area contributed by atoms with Crippen LogP contribution < -0.4 is 10.2 Å². The maximum Gasteiger partial charge on any atom is 0.409 e. The zero-order valence-corrected chi connectivity index (χ0v) is 18.1. The zero-order chi connectivity index (χ0) is 21.6. The summed E-state index contributed by atoms with van der Waals surface area (Å²) < 4.78 is 0. The van der Waals surface area contributed by atoms with Crippen molar-refractivity contribution in [2.45, 2.75) is 37.5 Å². The molecule has 3 aromatic carbocycles. The molecule has 2 atom stereocenters. The summed E-state index contributed by atoms with van der Waals surface area (Å²) >= 11 is 0. The molecule has 2 heterocycles. The van der Waals surface area contributed by atoms with Crippen LogP contribution >= 0.6 is 0 Å². The largest absolute Gasteiger partial charge is 0.465 e. The van der Waals surface area contributed by atoms with E-state index in [4.69, 9.17) is 0 Å². The number of anilines is 2. The number of benzene rings is 3. The average Bonchev–Trinajstić information content (AvgIpc) is 2.79. The molecule has 0 saturated carbocycles. The Morgan fingerprint density at radius 3 is 1.71 bits per heavy atom. The van der Waals surface area contributed by atoms with Crippen molar-refractivity contribution < 1.29 is 9.90 Å². The average molecular weight is 413 g/mol. The van der Waals surface area contributed by atoms with Crippen LogP contribution in [-0.2, 0) is 10.8 Å². The monoisotopic (exact) mass is 412 g/mol. The Morgan fingerprint density at radius 1 is 0.839 bits per heavy atom. The molecular weight excluding hydrogens is 384 g/mol. The van der Waals surface area contributed by atoms with E-state index in [1.807, 2.05) is 12.1 Å². The lowest BCUT2D eigenvalue weighted by Crippen LogP contribution is -2.47. The molecule has 158 valence electrons. The molecule has 2 N–H and O–H groups in total. The van der Waals surface area contributed by atoms with Gasteiger partial charge in [0.2, 0.25) is 0 Å². The first-order valence-corrected chi connectivity index (χ1v) is 11.0. The number of hydrogen-bond donors (Lipinski definition) is 2. The van der Waals surface area contributed by atoms with Crippen molar-refractivity contribution in [3.8, 4) is 0 Å². The minimum atomic E-state index is -1.03. The quantitative estimate of drug-likeness (QED) is 0.554. The van der Waals surface area contributed by atoms with Crippen molar-refractivity contribution >= 4 is 17.5 Å². The summed E-state index contributed by atoms with van der Waals surface area (Å²) in [4.78, 5) is 14.1. The number of nitrogens with one attached hydrogen (secondary N) is 1. The molecule has 0 aromatic heterocycles. The van der Waals surface area contributed by atoms with Crippen LogP contribution in [-0.4, -0.2) is 24.3 Å². The fourth-order valence-electron chi connectivity index (χ4n) is 5.55. The lowest BCUT2D eigenvalue weighted by atomic mass is 9.64. The lowest BCUT2D eigenvalue weighted by Gasteiger charge is -2.50. The highest BCUT2D eigenvalue weighted by atomic mass is 16.4. The zero-order valence-electron chi connectivity index (χ0n) is 18.1. The van der Waals surface area contributed by atoms with E-state index in [-0.39, 0.29) is 10.8 Å². The first-order valence-electron chi connectivity index (χ1n) is 11.0. The molecule has 2 aliphatic rings. The van der Waals surface area contributed by atoms with Crippen LogP contribution in [0.15, 0.2) is 72.8 Å². The van der Waals surface area contributed by atoms with E-state index in [1.165, 1.54) is 27.9 Å². The van der Waals surface area contributed by atoms with Gasteiger partial charge in [-0.1, -0.05) is 74.5 Å². The Hall–Kier alpha value is -3.27. The molecule has 0 spiro atoms. The highest BCUT2D eigenvalue weighted by Gasteiger charge is 2.44. The van der Waals surface area contributed by atoms with E-state index in [0.717, 1.165) is 25.9 Å². The molecule has 0 saturated heterocycles. The molecule has 0 unspecified atom stereocenters. The van der Waals surface area contributed by atoms with E-state index in [9.17, 15) is 9.90 Å². The van der Waals surface area contributed by atoms with Gasteiger partial charge in [-0.25, -0.2) is 4.79 Å². The molecule has 0 radical (unpaired) electrons. The Kier molecular flexibility index (Phi) is 4.54. The molecule has 31 heavy (non-hydrogen) atoms. The summed E-state index contributed by atoms with van der Waals surface area (Å²) in [5, 5.41) is 12.1. The molecule has 4 nitrogen and oxygen atoms in total. The number of carboxylic acid groups (broad SMARTS) is 1. The normalized spacial score (nSPS) is 24.4. The van der Waals surface area contributed by atoms with Gasteiger partial charge in [-0.05, 0) is 47.2 Å². The topological polar surface area (TPSA) is 52.6 Å². The van der Waals surface area contributed by atoms with Crippen LogP contribution in [0.1, 0.15) is 48.9 Å². The van der Waals surface area contributed by atoms with Crippen molar-refractivity contribution in [3.63, 3.8) is 0 Å². The van der Waals surface area contributed by atoms with Crippen molar-refractivity contribution in [2.75, 3.05) is 23.3 Å². The standard InChI is InChI=1S/C27H28N2O2/c1-26(19-9-5-3-6-10-19)13-15-29-16-14-27(2,20-11-7-4-8-12-20)23-18-21(28-25(30)31)17-22(26)24(23)29/h3-12,17-18,28H,13-16H2,1-2H3,(H,30,31)/t26-,27+. The summed E-state index contributed by atoms with van der Waals surface area (Å²) in [5.74, 6) is 0. The van der Waals surface area contributed by atoms with Gasteiger partial charge in [0.25, 0.3) is 0 Å². The van der Waals surface area contributed by atoms with Gasteiger partial charge in [-0.3, -0.25) is 5.32 Å². The summed E-state index contributed by atoms with van der Waals surface area (Å²) in [6.45, 7) is 6.60. The third kappa shape index (κ3) is 3.09. The molecule has 1 amide bonds. The summed E-state index contributed by atoms with van der Waals surface area (Å²) in [6.07, 6.45) is 0.975. The van der Waals surface area contributed by atoms with Gasteiger partial charge in [0, 0.05) is 35.3 Å². The Morgan fingerprint density at radius 2 is 1.29 bits per heavy atom. The molecule has 3 aromatic rings. The van der Waals surface area contributed by atoms with Gasteiger partial charge in [0.15, 0.2) is 0 Å². The Balaban J connectivity index is 1.79. The lowest BCUT2D eigenvalue weighted by molar-refractivity contribution is 0.209. The maximum atomic E-state index is 11.6. The molecule has 0 fully saturated rings. The van der Waals surface area contributed by atoms with E-state index < -0.39 is 6.09 Å². The molecule has 4 heteroatoms. The minimum Gasteiger partial charge on any atom is -0.465 e. The smallest absolute Gasteiger partial charge is 0.409 e. The summed E-state index contributed by atoms with van der Waals surface area (Å²) in [6, 6.07) is 25.3. The number of rotatable bonds is 3. The van der Waals surface area contributed by atoms with E-state index >= 15 is 0 Å². The fraction of sp³-hybridized carbons (Fsp3) is 0.296. The van der Waals surface area contributed by atoms with Crippen molar-refractivity contribution in [1.82, 2.24) is 0 Å². The van der Waals surface area contributed by atoms with Crippen LogP contribution in [0.4, 0.5) is 16.2 Å². The van der Waals surface area contributed by atoms with Crippen LogP contribution in [0.25, 0.3) is 0 Å². The number of amides is 1. The second kappa shape index (κ2) is 7.16. The molecule has 0 aliphatic carbocycles. The first kappa shape index (κ1) is 19.7. The number of carbonyl (C=O) groups is 1. The van der Waals surface area contributed by atoms with Gasteiger partial charge >= 0.3 is 6.09 Å². The van der Waals surface area contributed by atoms with Gasteiger partial charge in [-0.2, -0.15) is 0 Å². The second-order valence-electron chi connectivity index (χ2n) is 9.23. The number of hydrogen-bond acceptors (Lipinski definition) is 2. The number of nitrogens with zero attached hydrogens (tertiary/aromatic N) is 1. The minimum absolute atomic E-state index is 0.174. The molecule has 0 bridgehead atoms. The third-order valence-corrected chi connectivity index (χ3v) is 7.45. The Bertz CT molecular complexity index is 1050. The first-order chi connectivity index (χ1) is 14.9. The summed E-state index contributed by atoms with van der Waals surface area (Å²) in [5.41, 5.74) is 6.56. The SMILES string of the molecule is C[C@@]1(c2ccccc2)CCN2CC[C@](C)(c3ccccc3)c3cc(NC(=O)O)cc1c32. The van der Waals surface area contributed by atoms with Gasteiger partial charge in [-0.15, -0.1) is 0 Å². The van der Waals surface area contributed by atoms with Crippen molar-refractivity contribution in [2.24, 2.45) is 0 Å². The third-order valence-electron chi connectivity index (χ3n) is 7.45. The molecule has 5 rings (SSSR count). The van der Waals surface area contributed by atoms with Crippen molar-refractivity contribution in [1.29, 1.82) is 0 Å². The van der Waals surface area contributed by atoms with Crippen LogP contribution in [0.5, 0.6) is 0 Å². The predicted molar refractivity (Wildman–Crippen MR) is 125 cm³/mol. The van der Waals surface area contributed by atoms with Crippen LogP contribution in [0, 0.1) is 0 Å². The molecule has 2 aliphatic heterocycles.